The van der Waals surface area contributed by atoms with Crippen LogP contribution in [0.15, 0.2) is 48.7 Å². The van der Waals surface area contributed by atoms with Crippen molar-refractivity contribution in [1.82, 2.24) is 9.97 Å². The molecule has 1 atom stereocenters. The Morgan fingerprint density at radius 1 is 1.14 bits per heavy atom. The average molecular weight is 383 g/mol. The van der Waals surface area contributed by atoms with Gasteiger partial charge in [0, 0.05) is 12.1 Å². The molecule has 28 heavy (non-hydrogen) atoms. The topological polar surface area (TPSA) is 114 Å². The summed E-state index contributed by atoms with van der Waals surface area (Å²) >= 11 is 0. The van der Waals surface area contributed by atoms with Crippen LogP contribution in [0, 0.1) is 10.1 Å². The monoisotopic (exact) mass is 383 g/mol. The third kappa shape index (κ3) is 4.50. The van der Waals surface area contributed by atoms with E-state index in [4.69, 9.17) is 14.2 Å². The second kappa shape index (κ2) is 8.30. The first-order valence-corrected chi connectivity index (χ1v) is 8.48. The summed E-state index contributed by atoms with van der Waals surface area (Å²) in [4.78, 5) is 30.4. The molecule has 0 aliphatic carbocycles. The number of hydrogen-bond donors (Lipinski definition) is 0. The number of nitrogens with zero attached hydrogens (tertiary/aromatic N) is 3. The molecule has 0 saturated heterocycles. The number of nitro benzene ring substituents is 1. The number of hydrogen-bond acceptors (Lipinski definition) is 8. The Labute approximate surface area is 160 Å². The van der Waals surface area contributed by atoms with Gasteiger partial charge in [-0.25, -0.2) is 14.8 Å². The number of rotatable bonds is 7. The van der Waals surface area contributed by atoms with Crippen molar-refractivity contribution in [3.05, 3.63) is 58.8 Å². The summed E-state index contributed by atoms with van der Waals surface area (Å²) in [5, 5.41) is 10.8. The molecule has 0 N–H and O–H groups in total. The molecule has 0 aliphatic rings. The first kappa shape index (κ1) is 19.0. The molecule has 144 valence electrons. The predicted octanol–water partition coefficient (Wildman–Crippen LogP) is 3.66. The van der Waals surface area contributed by atoms with Crippen LogP contribution in [0.4, 0.5) is 5.69 Å². The van der Waals surface area contributed by atoms with Crippen molar-refractivity contribution in [2.24, 2.45) is 0 Å². The predicted molar refractivity (Wildman–Crippen MR) is 99.4 cm³/mol. The highest BCUT2D eigenvalue weighted by Gasteiger charge is 2.15. The Bertz CT molecular complexity index is 1010. The molecule has 0 amide bonds. The molecule has 0 fully saturated rings. The van der Waals surface area contributed by atoms with Crippen molar-refractivity contribution >= 4 is 22.7 Å². The normalized spacial score (nSPS) is 11.6. The van der Waals surface area contributed by atoms with Gasteiger partial charge in [-0.1, -0.05) is 0 Å². The Balaban J connectivity index is 1.69. The van der Waals surface area contributed by atoms with Gasteiger partial charge < -0.3 is 14.2 Å². The maximum absolute atomic E-state index is 11.6. The summed E-state index contributed by atoms with van der Waals surface area (Å²) in [5.74, 6) is 0.793. The third-order valence-electron chi connectivity index (χ3n) is 3.69. The van der Waals surface area contributed by atoms with Crippen LogP contribution in [0.5, 0.6) is 17.4 Å². The van der Waals surface area contributed by atoms with E-state index in [1.807, 2.05) is 0 Å². The number of aromatic nitrogens is 2. The number of ether oxygens (including phenoxy) is 3. The summed E-state index contributed by atoms with van der Waals surface area (Å²) in [7, 11) is 0. The first-order chi connectivity index (χ1) is 13.5. The molecule has 3 rings (SSSR count). The van der Waals surface area contributed by atoms with Crippen LogP contribution in [0.3, 0.4) is 0 Å². The van der Waals surface area contributed by atoms with Gasteiger partial charge in [0.05, 0.1) is 28.8 Å². The average Bonchev–Trinajstić information content (AvgIpc) is 2.69. The molecule has 0 spiro atoms. The van der Waals surface area contributed by atoms with E-state index in [2.05, 4.69) is 9.97 Å². The van der Waals surface area contributed by atoms with E-state index in [1.54, 1.807) is 38.1 Å². The van der Waals surface area contributed by atoms with E-state index in [1.165, 1.54) is 24.4 Å². The van der Waals surface area contributed by atoms with Gasteiger partial charge in [-0.15, -0.1) is 0 Å². The Morgan fingerprint density at radius 3 is 2.54 bits per heavy atom. The van der Waals surface area contributed by atoms with Crippen LogP contribution in [-0.4, -0.2) is 33.6 Å². The van der Waals surface area contributed by atoms with Crippen molar-refractivity contribution in [3.63, 3.8) is 0 Å². The summed E-state index contributed by atoms with van der Waals surface area (Å²) in [5.41, 5.74) is 0.827. The molecule has 0 radical (unpaired) electrons. The number of fused-ring (bicyclic) bond motifs is 1. The lowest BCUT2D eigenvalue weighted by atomic mass is 10.2. The lowest BCUT2D eigenvalue weighted by molar-refractivity contribution is -0.384. The molecular formula is C19H17N3O6. The lowest BCUT2D eigenvalue weighted by Crippen LogP contribution is -2.25. The van der Waals surface area contributed by atoms with Gasteiger partial charge in [-0.3, -0.25) is 10.1 Å². The Kier molecular flexibility index (Phi) is 5.64. The van der Waals surface area contributed by atoms with Gasteiger partial charge in [0.15, 0.2) is 6.10 Å². The maximum atomic E-state index is 11.6. The molecular weight excluding hydrogens is 366 g/mol. The van der Waals surface area contributed by atoms with Crippen LogP contribution in [-0.2, 0) is 9.53 Å². The van der Waals surface area contributed by atoms with Gasteiger partial charge in [0.25, 0.3) is 5.69 Å². The minimum atomic E-state index is -0.720. The second-order valence-corrected chi connectivity index (χ2v) is 5.72. The zero-order valence-electron chi connectivity index (χ0n) is 15.2. The van der Waals surface area contributed by atoms with Gasteiger partial charge >= 0.3 is 5.97 Å². The number of carbonyl (C=O) groups is 1. The minimum absolute atomic E-state index is 0.0527. The van der Waals surface area contributed by atoms with Crippen LogP contribution in [0.1, 0.15) is 13.8 Å². The van der Waals surface area contributed by atoms with Crippen LogP contribution < -0.4 is 9.47 Å². The third-order valence-corrected chi connectivity index (χ3v) is 3.69. The van der Waals surface area contributed by atoms with E-state index < -0.39 is 17.0 Å². The van der Waals surface area contributed by atoms with E-state index in [-0.39, 0.29) is 11.6 Å². The Hall–Kier alpha value is -3.75. The number of carbonyl (C=O) groups excluding carboxylic acids is 1. The summed E-state index contributed by atoms with van der Waals surface area (Å²) in [6.45, 7) is 3.63. The summed E-state index contributed by atoms with van der Waals surface area (Å²) in [6, 6.07) is 10.9. The van der Waals surface area contributed by atoms with Crippen molar-refractivity contribution in [2.75, 3.05) is 6.61 Å². The first-order valence-electron chi connectivity index (χ1n) is 8.48. The fourth-order valence-corrected chi connectivity index (χ4v) is 2.36. The molecule has 0 saturated carbocycles. The van der Waals surface area contributed by atoms with E-state index in [9.17, 15) is 14.9 Å². The van der Waals surface area contributed by atoms with Crippen LogP contribution in [0.25, 0.3) is 11.0 Å². The maximum Gasteiger partial charge on any atom is 0.347 e. The molecule has 1 unspecified atom stereocenters. The van der Waals surface area contributed by atoms with Gasteiger partial charge in [0.2, 0.25) is 5.88 Å². The lowest BCUT2D eigenvalue weighted by Gasteiger charge is -2.13. The fourth-order valence-electron chi connectivity index (χ4n) is 2.36. The van der Waals surface area contributed by atoms with Gasteiger partial charge in [-0.2, -0.15) is 0 Å². The molecule has 0 bridgehead atoms. The summed E-state index contributed by atoms with van der Waals surface area (Å²) in [6.07, 6.45) is 0.668. The zero-order valence-corrected chi connectivity index (χ0v) is 15.2. The number of esters is 1. The minimum Gasteiger partial charge on any atom is -0.479 e. The Morgan fingerprint density at radius 2 is 1.86 bits per heavy atom. The smallest absolute Gasteiger partial charge is 0.347 e. The molecule has 1 heterocycles. The molecule has 2 aromatic carbocycles. The van der Waals surface area contributed by atoms with Crippen LogP contribution in [0.2, 0.25) is 0 Å². The SMILES string of the molecule is CCOC(=O)C(C)Oc1ccc(Oc2cnc3cc([N+](=O)[O-])ccc3n2)cc1. The molecule has 0 aliphatic heterocycles. The second-order valence-electron chi connectivity index (χ2n) is 5.72. The van der Waals surface area contributed by atoms with Crippen molar-refractivity contribution < 1.29 is 23.9 Å². The van der Waals surface area contributed by atoms with E-state index in [0.717, 1.165) is 0 Å². The number of nitro groups is 1. The highest BCUT2D eigenvalue weighted by Crippen LogP contribution is 2.25. The fraction of sp³-hybridized carbons (Fsp3) is 0.211. The molecule has 9 heteroatoms. The zero-order chi connectivity index (χ0) is 20.1. The highest BCUT2D eigenvalue weighted by molar-refractivity contribution is 5.77. The molecule has 1 aromatic heterocycles. The highest BCUT2D eigenvalue weighted by atomic mass is 16.6. The van der Waals surface area contributed by atoms with E-state index >= 15 is 0 Å². The van der Waals surface area contributed by atoms with E-state index in [0.29, 0.717) is 29.1 Å². The van der Waals surface area contributed by atoms with Crippen molar-refractivity contribution in [1.29, 1.82) is 0 Å². The van der Waals surface area contributed by atoms with Crippen molar-refractivity contribution in [2.45, 2.75) is 20.0 Å². The standard InChI is InChI=1S/C19H17N3O6/c1-3-26-19(23)12(2)27-14-5-7-15(8-6-14)28-18-11-20-17-10-13(22(24)25)4-9-16(17)21-18/h4-12H,3H2,1-2H3. The number of non-ortho nitro benzene ring substituents is 1. The largest absolute Gasteiger partial charge is 0.479 e. The quantitative estimate of drug-likeness (QED) is 0.345. The molecule has 3 aromatic rings. The van der Waals surface area contributed by atoms with Crippen LogP contribution >= 0.6 is 0 Å². The van der Waals surface area contributed by atoms with Crippen molar-refractivity contribution in [3.8, 4) is 17.4 Å². The summed E-state index contributed by atoms with van der Waals surface area (Å²) < 4.78 is 16.1. The van der Waals surface area contributed by atoms with Gasteiger partial charge in [-0.05, 0) is 44.2 Å². The number of benzene rings is 2. The van der Waals surface area contributed by atoms with Gasteiger partial charge in [0.1, 0.15) is 11.5 Å². The molecule has 9 nitrogen and oxygen atoms in total.